The van der Waals surface area contributed by atoms with Crippen molar-refractivity contribution >= 4 is 34.4 Å². The van der Waals surface area contributed by atoms with E-state index in [0.29, 0.717) is 27.9 Å². The summed E-state index contributed by atoms with van der Waals surface area (Å²) in [5.74, 6) is -0.133. The number of pyridine rings is 1. The number of nitrogens with zero attached hydrogens (tertiary/aromatic N) is 3. The third-order valence-corrected chi connectivity index (χ3v) is 4.66. The van der Waals surface area contributed by atoms with Crippen molar-refractivity contribution in [3.8, 4) is 11.4 Å². The number of amides is 1. The van der Waals surface area contributed by atoms with Crippen LogP contribution in [0.5, 0.6) is 0 Å². The van der Waals surface area contributed by atoms with Crippen LogP contribution in [-0.2, 0) is 4.79 Å². The van der Waals surface area contributed by atoms with Gasteiger partial charge in [-0.1, -0.05) is 18.5 Å². The summed E-state index contributed by atoms with van der Waals surface area (Å²) in [5.41, 5.74) is -0.0308. The molecular weight excluding hydrogens is 409 g/mol. The van der Waals surface area contributed by atoms with Crippen molar-refractivity contribution in [2.24, 2.45) is 0 Å². The van der Waals surface area contributed by atoms with Crippen molar-refractivity contribution < 1.29 is 22.2 Å². The van der Waals surface area contributed by atoms with Gasteiger partial charge in [0, 0.05) is 33.8 Å². The van der Waals surface area contributed by atoms with Gasteiger partial charge < -0.3 is 15.6 Å². The summed E-state index contributed by atoms with van der Waals surface area (Å²) in [6.07, 6.45) is 0.433. The summed E-state index contributed by atoms with van der Waals surface area (Å²) >= 11 is 6.01. The Morgan fingerprint density at radius 1 is 1.34 bits per heavy atom. The van der Waals surface area contributed by atoms with E-state index in [1.54, 1.807) is 19.2 Å². The van der Waals surface area contributed by atoms with Crippen LogP contribution in [0, 0.1) is 0 Å². The minimum absolute atomic E-state index is 0. The second-order valence-electron chi connectivity index (χ2n) is 6.63. The van der Waals surface area contributed by atoms with E-state index >= 15 is 0 Å². The molecule has 1 amide bonds. The number of hydrogen-bond donors (Lipinski definition) is 3. The molecule has 11 heteroatoms. The van der Waals surface area contributed by atoms with E-state index in [-0.39, 0.29) is 10.7 Å². The molecule has 0 aliphatic rings. The van der Waals surface area contributed by atoms with Crippen LogP contribution in [0.4, 0.5) is 19.0 Å². The molecule has 160 valence electrons. The number of fused-ring (bicyclic) bond motifs is 1. The van der Waals surface area contributed by atoms with Crippen LogP contribution < -0.4 is 10.6 Å². The summed E-state index contributed by atoms with van der Waals surface area (Å²) < 4.78 is 37.3. The van der Waals surface area contributed by atoms with Crippen LogP contribution in [0.2, 0.25) is 5.02 Å². The zero-order chi connectivity index (χ0) is 21.2. The number of carbonyl (C=O) groups excluding carboxylic acids is 1. The van der Waals surface area contributed by atoms with Crippen molar-refractivity contribution in [3.63, 3.8) is 0 Å². The minimum atomic E-state index is -4.49. The van der Waals surface area contributed by atoms with Gasteiger partial charge in [-0.25, -0.2) is 15.0 Å². The fraction of sp³-hybridized carbons (Fsp3) is 0.333. The van der Waals surface area contributed by atoms with Gasteiger partial charge >= 0.3 is 6.18 Å². The van der Waals surface area contributed by atoms with Crippen LogP contribution in [0.15, 0.2) is 30.7 Å². The number of H-pyrrole nitrogens is 1. The molecule has 29 heavy (non-hydrogen) atoms. The van der Waals surface area contributed by atoms with E-state index in [1.165, 1.54) is 25.4 Å². The van der Waals surface area contributed by atoms with E-state index < -0.39 is 24.2 Å². The van der Waals surface area contributed by atoms with Crippen molar-refractivity contribution in [2.75, 3.05) is 11.9 Å². The van der Waals surface area contributed by atoms with Crippen LogP contribution >= 0.6 is 11.6 Å². The maximum atomic E-state index is 12.4. The van der Waals surface area contributed by atoms with Gasteiger partial charge in [0.2, 0.25) is 5.91 Å². The zero-order valence-electron chi connectivity index (χ0n) is 15.6. The topological polar surface area (TPSA) is 95.6 Å². The fourth-order valence-electron chi connectivity index (χ4n) is 2.68. The minimum Gasteiger partial charge on any atom is -0.356 e. The number of alkyl halides is 3. The molecule has 0 radical (unpaired) electrons. The number of halogens is 4. The number of nitrogens with one attached hydrogen (secondary N) is 3. The predicted molar refractivity (Wildman–Crippen MR) is 110 cm³/mol. The molecule has 1 atom stereocenters. The number of carbonyl (C=O) groups is 1. The lowest BCUT2D eigenvalue weighted by molar-refractivity contribution is -0.140. The summed E-state index contributed by atoms with van der Waals surface area (Å²) in [4.78, 5) is 28.2. The third kappa shape index (κ3) is 4.76. The standard InChI is InChI=1S/C18H18ClF3N6O.3H2/c1-3-17(2,16(29)26-9-18(20,21)22)28-13-4-5-23-15(27-13)12-8-25-14-11(12)6-10(19)7-24-14;;;/h4-8H,3,9H2,1-2H3,(H,24,25)(H,26,29)(H,23,27,28);3*1H/t17-;;;/m1.../s1. The van der Waals surface area contributed by atoms with Gasteiger partial charge in [0.25, 0.3) is 0 Å². The Balaban J connectivity index is 0.00000320. The largest absolute Gasteiger partial charge is 0.405 e. The second-order valence-corrected chi connectivity index (χ2v) is 7.06. The quantitative estimate of drug-likeness (QED) is 0.526. The Bertz CT molecular complexity index is 1050. The lowest BCUT2D eigenvalue weighted by Gasteiger charge is -2.29. The molecule has 3 heterocycles. The SMILES string of the molecule is CC[C@@](C)(Nc1ccnc(-c2c[nH]c3ncc(Cl)cc23)n1)C(=O)NCC(F)(F)F.[HH].[HH].[HH]. The Morgan fingerprint density at radius 3 is 2.79 bits per heavy atom. The second kappa shape index (κ2) is 7.86. The van der Waals surface area contributed by atoms with Gasteiger partial charge in [-0.15, -0.1) is 0 Å². The fourth-order valence-corrected chi connectivity index (χ4v) is 2.84. The highest BCUT2D eigenvalue weighted by Crippen LogP contribution is 2.28. The molecule has 3 aromatic heterocycles. The first kappa shape index (κ1) is 20.8. The molecule has 0 fully saturated rings. The van der Waals surface area contributed by atoms with Crippen LogP contribution in [0.3, 0.4) is 0 Å². The predicted octanol–water partition coefficient (Wildman–Crippen LogP) is 4.67. The van der Waals surface area contributed by atoms with E-state index in [2.05, 4.69) is 25.3 Å². The number of anilines is 1. The molecule has 3 rings (SSSR count). The number of aromatic nitrogens is 4. The van der Waals surface area contributed by atoms with Crippen molar-refractivity contribution in [1.82, 2.24) is 25.3 Å². The highest BCUT2D eigenvalue weighted by Gasteiger charge is 2.35. The maximum Gasteiger partial charge on any atom is 0.405 e. The van der Waals surface area contributed by atoms with Crippen LogP contribution in [-0.4, -0.2) is 44.1 Å². The number of rotatable bonds is 6. The van der Waals surface area contributed by atoms with Gasteiger partial charge in [-0.3, -0.25) is 4.79 Å². The molecule has 0 saturated heterocycles. The lowest BCUT2D eigenvalue weighted by Crippen LogP contribution is -2.52. The van der Waals surface area contributed by atoms with Crippen molar-refractivity contribution in [2.45, 2.75) is 32.0 Å². The first-order chi connectivity index (χ1) is 13.6. The van der Waals surface area contributed by atoms with Crippen LogP contribution in [0.25, 0.3) is 22.4 Å². The molecule has 0 spiro atoms. The monoisotopic (exact) mass is 432 g/mol. The van der Waals surface area contributed by atoms with E-state index in [9.17, 15) is 18.0 Å². The van der Waals surface area contributed by atoms with Gasteiger partial charge in [0.1, 0.15) is 23.5 Å². The smallest absolute Gasteiger partial charge is 0.356 e. The summed E-state index contributed by atoms with van der Waals surface area (Å²) in [5, 5.41) is 6.00. The van der Waals surface area contributed by atoms with Crippen molar-refractivity contribution in [1.29, 1.82) is 0 Å². The normalized spacial score (nSPS) is 13.9. The highest BCUT2D eigenvalue weighted by molar-refractivity contribution is 6.31. The Kier molecular flexibility index (Phi) is 5.65. The summed E-state index contributed by atoms with van der Waals surface area (Å²) in [7, 11) is 0. The van der Waals surface area contributed by atoms with Gasteiger partial charge in [0.05, 0.1) is 5.02 Å². The van der Waals surface area contributed by atoms with E-state index in [4.69, 9.17) is 11.6 Å². The summed E-state index contributed by atoms with van der Waals surface area (Å²) in [6.45, 7) is 1.80. The third-order valence-electron chi connectivity index (χ3n) is 4.46. The Hall–Kier alpha value is -2.88. The molecule has 0 aromatic carbocycles. The van der Waals surface area contributed by atoms with Gasteiger partial charge in [-0.05, 0) is 25.5 Å². The molecule has 0 bridgehead atoms. The van der Waals surface area contributed by atoms with Crippen LogP contribution in [0.1, 0.15) is 24.5 Å². The molecule has 3 N–H and O–H groups in total. The highest BCUT2D eigenvalue weighted by atomic mass is 35.5. The summed E-state index contributed by atoms with van der Waals surface area (Å²) in [6, 6.07) is 3.26. The first-order valence-corrected chi connectivity index (χ1v) is 9.08. The van der Waals surface area contributed by atoms with Gasteiger partial charge in [-0.2, -0.15) is 13.2 Å². The molecule has 0 saturated carbocycles. The maximum absolute atomic E-state index is 12.4. The Labute approximate surface area is 173 Å². The zero-order valence-corrected chi connectivity index (χ0v) is 16.3. The molecule has 0 unspecified atom stereocenters. The average Bonchev–Trinajstić information content (AvgIpc) is 3.08. The van der Waals surface area contributed by atoms with E-state index in [1.807, 2.05) is 5.32 Å². The Morgan fingerprint density at radius 2 is 2.10 bits per heavy atom. The number of aromatic amines is 1. The first-order valence-electron chi connectivity index (χ1n) is 8.70. The average molecular weight is 433 g/mol. The number of hydrogen-bond acceptors (Lipinski definition) is 5. The molecular formula is C18H24ClF3N6O. The lowest BCUT2D eigenvalue weighted by atomic mass is 9.97. The molecule has 7 nitrogen and oxygen atoms in total. The molecule has 0 aliphatic carbocycles. The van der Waals surface area contributed by atoms with Gasteiger partial charge in [0.15, 0.2) is 5.82 Å². The van der Waals surface area contributed by atoms with E-state index in [0.717, 1.165) is 5.39 Å². The molecule has 3 aromatic rings. The molecule has 0 aliphatic heterocycles. The van der Waals surface area contributed by atoms with Crippen molar-refractivity contribution in [3.05, 3.63) is 35.7 Å².